The highest BCUT2D eigenvalue weighted by molar-refractivity contribution is 5.56. The molecule has 1 aliphatic heterocycles. The summed E-state index contributed by atoms with van der Waals surface area (Å²) in [6, 6.07) is 6.60. The normalized spacial score (nSPS) is 21.4. The average Bonchev–Trinajstić information content (AvgIpc) is 2.60. The third kappa shape index (κ3) is 2.62. The minimum Gasteiger partial charge on any atom is -0.365 e. The molecule has 1 aliphatic rings. The van der Waals surface area contributed by atoms with Gasteiger partial charge in [-0.25, -0.2) is 4.98 Å². The summed E-state index contributed by atoms with van der Waals surface area (Å²) in [5, 5.41) is 9.18. The molecule has 1 aromatic heterocycles. The summed E-state index contributed by atoms with van der Waals surface area (Å²) in [4.78, 5) is 8.90. The van der Waals surface area contributed by atoms with Crippen molar-refractivity contribution in [3.05, 3.63) is 24.0 Å². The molecular weight excluding hydrogens is 224 g/mol. The van der Waals surface area contributed by atoms with Gasteiger partial charge in [-0.1, -0.05) is 6.92 Å². The van der Waals surface area contributed by atoms with Crippen LogP contribution in [0.15, 0.2) is 18.3 Å². The monoisotopic (exact) mass is 244 g/mol. The molecule has 2 rings (SSSR count). The molecule has 0 N–H and O–H groups in total. The van der Waals surface area contributed by atoms with Crippen molar-refractivity contribution in [2.75, 3.05) is 31.6 Å². The maximum atomic E-state index is 9.18. The van der Waals surface area contributed by atoms with Crippen LogP contribution in [-0.2, 0) is 0 Å². The van der Waals surface area contributed by atoms with Crippen molar-refractivity contribution in [2.24, 2.45) is 0 Å². The van der Waals surface area contributed by atoms with Crippen molar-refractivity contribution >= 4 is 5.69 Å². The quantitative estimate of drug-likeness (QED) is 0.796. The number of nitriles is 1. The Labute approximate surface area is 109 Å². The Balaban J connectivity index is 2.32. The first-order valence-electron chi connectivity index (χ1n) is 6.56. The van der Waals surface area contributed by atoms with Gasteiger partial charge in [0.1, 0.15) is 6.07 Å². The summed E-state index contributed by atoms with van der Waals surface area (Å²) in [6.07, 6.45) is 3.91. The first-order valence-corrected chi connectivity index (χ1v) is 6.56. The third-order valence-corrected chi connectivity index (χ3v) is 3.58. The lowest BCUT2D eigenvalue weighted by Gasteiger charge is -2.32. The van der Waals surface area contributed by atoms with Crippen molar-refractivity contribution in [3.8, 4) is 6.07 Å². The summed E-state index contributed by atoms with van der Waals surface area (Å²) in [5.41, 5.74) is 1.53. The van der Waals surface area contributed by atoms with E-state index in [1.807, 2.05) is 12.1 Å². The van der Waals surface area contributed by atoms with Gasteiger partial charge in [-0.2, -0.15) is 5.26 Å². The van der Waals surface area contributed by atoms with Gasteiger partial charge < -0.3 is 9.80 Å². The van der Waals surface area contributed by atoms with Gasteiger partial charge in [-0.15, -0.1) is 0 Å². The van der Waals surface area contributed by atoms with Crippen LogP contribution in [0.25, 0.3) is 0 Å². The molecule has 0 spiro atoms. The number of hydrogen-bond acceptors (Lipinski definition) is 4. The molecule has 0 aromatic carbocycles. The second-order valence-corrected chi connectivity index (χ2v) is 4.85. The summed E-state index contributed by atoms with van der Waals surface area (Å²) >= 11 is 0. The number of rotatable bonds is 2. The van der Waals surface area contributed by atoms with Gasteiger partial charge in [-0.3, -0.25) is 0 Å². The maximum absolute atomic E-state index is 9.18. The van der Waals surface area contributed by atoms with Crippen LogP contribution in [0.2, 0.25) is 0 Å². The lowest BCUT2D eigenvalue weighted by atomic mass is 10.1. The number of pyridine rings is 1. The molecule has 0 radical (unpaired) electrons. The maximum Gasteiger partial charge on any atom is 0.163 e. The van der Waals surface area contributed by atoms with Gasteiger partial charge in [0.25, 0.3) is 0 Å². The van der Waals surface area contributed by atoms with Crippen molar-refractivity contribution in [1.82, 2.24) is 9.88 Å². The fourth-order valence-electron chi connectivity index (χ4n) is 2.62. The number of hydrogen-bond donors (Lipinski definition) is 0. The Kier molecular flexibility index (Phi) is 4.16. The number of likely N-dealkylation sites (N-methyl/N-ethyl adjacent to an activating group) is 1. The van der Waals surface area contributed by atoms with E-state index >= 15 is 0 Å². The molecule has 18 heavy (non-hydrogen) atoms. The Morgan fingerprint density at radius 3 is 3.06 bits per heavy atom. The topological polar surface area (TPSA) is 43.2 Å². The van der Waals surface area contributed by atoms with E-state index in [2.05, 4.69) is 34.8 Å². The van der Waals surface area contributed by atoms with E-state index < -0.39 is 0 Å². The van der Waals surface area contributed by atoms with Crippen molar-refractivity contribution in [1.29, 1.82) is 5.26 Å². The molecular formula is C14H20N4. The standard InChI is InChI=1S/C14H20N4/c1-3-12-11-17(2)8-5-9-18(12)14-6-4-7-16-13(14)10-15/h4,6-7,12H,3,5,8-9,11H2,1-2H3. The second kappa shape index (κ2) is 5.83. The fraction of sp³-hybridized carbons (Fsp3) is 0.571. The first-order chi connectivity index (χ1) is 8.76. The van der Waals surface area contributed by atoms with Gasteiger partial charge in [0.2, 0.25) is 0 Å². The van der Waals surface area contributed by atoms with Crippen LogP contribution in [0.1, 0.15) is 25.5 Å². The van der Waals surface area contributed by atoms with Crippen molar-refractivity contribution < 1.29 is 0 Å². The average molecular weight is 244 g/mol. The van der Waals surface area contributed by atoms with Gasteiger partial charge in [0.15, 0.2) is 5.69 Å². The molecule has 1 fully saturated rings. The zero-order valence-electron chi connectivity index (χ0n) is 11.1. The van der Waals surface area contributed by atoms with Gasteiger partial charge >= 0.3 is 0 Å². The van der Waals surface area contributed by atoms with Crippen LogP contribution >= 0.6 is 0 Å². The van der Waals surface area contributed by atoms with E-state index in [4.69, 9.17) is 0 Å². The third-order valence-electron chi connectivity index (χ3n) is 3.58. The van der Waals surface area contributed by atoms with E-state index in [0.29, 0.717) is 11.7 Å². The van der Waals surface area contributed by atoms with E-state index in [1.165, 1.54) is 0 Å². The van der Waals surface area contributed by atoms with Gasteiger partial charge in [0, 0.05) is 25.3 Å². The van der Waals surface area contributed by atoms with Crippen LogP contribution in [0, 0.1) is 11.3 Å². The predicted octanol–water partition coefficient (Wildman–Crippen LogP) is 1.87. The summed E-state index contributed by atoms with van der Waals surface area (Å²) in [6.45, 7) is 5.38. The summed E-state index contributed by atoms with van der Waals surface area (Å²) in [7, 11) is 2.17. The fourth-order valence-corrected chi connectivity index (χ4v) is 2.62. The lowest BCUT2D eigenvalue weighted by Crippen LogP contribution is -2.40. The molecule has 2 heterocycles. The lowest BCUT2D eigenvalue weighted by molar-refractivity contribution is 0.328. The molecule has 96 valence electrons. The molecule has 1 aromatic rings. The van der Waals surface area contributed by atoms with E-state index in [0.717, 1.165) is 38.2 Å². The van der Waals surface area contributed by atoms with Crippen LogP contribution in [0.4, 0.5) is 5.69 Å². The van der Waals surface area contributed by atoms with Crippen LogP contribution in [0.3, 0.4) is 0 Å². The Morgan fingerprint density at radius 1 is 1.50 bits per heavy atom. The first kappa shape index (κ1) is 12.8. The largest absolute Gasteiger partial charge is 0.365 e. The predicted molar refractivity (Wildman–Crippen MR) is 72.5 cm³/mol. The molecule has 4 nitrogen and oxygen atoms in total. The number of anilines is 1. The van der Waals surface area contributed by atoms with Crippen molar-refractivity contribution in [3.63, 3.8) is 0 Å². The van der Waals surface area contributed by atoms with Crippen LogP contribution in [0.5, 0.6) is 0 Å². The minimum atomic E-state index is 0.466. The minimum absolute atomic E-state index is 0.466. The van der Waals surface area contributed by atoms with E-state index in [-0.39, 0.29) is 0 Å². The zero-order valence-corrected chi connectivity index (χ0v) is 11.1. The Morgan fingerprint density at radius 2 is 2.33 bits per heavy atom. The van der Waals surface area contributed by atoms with Crippen molar-refractivity contribution in [2.45, 2.75) is 25.8 Å². The molecule has 1 unspecified atom stereocenters. The summed E-state index contributed by atoms with van der Waals surface area (Å²) in [5.74, 6) is 0. The molecule has 1 atom stereocenters. The molecule has 1 saturated heterocycles. The van der Waals surface area contributed by atoms with E-state index in [1.54, 1.807) is 6.20 Å². The summed E-state index contributed by atoms with van der Waals surface area (Å²) < 4.78 is 0. The van der Waals surface area contributed by atoms with Crippen LogP contribution in [-0.4, -0.2) is 42.6 Å². The molecule has 0 amide bonds. The van der Waals surface area contributed by atoms with Gasteiger partial charge in [0.05, 0.1) is 5.69 Å². The van der Waals surface area contributed by atoms with Crippen LogP contribution < -0.4 is 4.90 Å². The van der Waals surface area contributed by atoms with Gasteiger partial charge in [-0.05, 0) is 38.6 Å². The molecule has 0 bridgehead atoms. The number of nitrogens with zero attached hydrogens (tertiary/aromatic N) is 4. The smallest absolute Gasteiger partial charge is 0.163 e. The molecule has 4 heteroatoms. The highest BCUT2D eigenvalue weighted by atomic mass is 15.2. The highest BCUT2D eigenvalue weighted by Gasteiger charge is 2.24. The second-order valence-electron chi connectivity index (χ2n) is 4.85. The zero-order chi connectivity index (χ0) is 13.0. The highest BCUT2D eigenvalue weighted by Crippen LogP contribution is 2.23. The SMILES string of the molecule is CCC1CN(C)CCCN1c1cccnc1C#N. The number of aromatic nitrogens is 1. The Bertz CT molecular complexity index is 438. The van der Waals surface area contributed by atoms with E-state index in [9.17, 15) is 5.26 Å². The molecule has 0 saturated carbocycles. The Hall–Kier alpha value is -1.60. The molecule has 0 aliphatic carbocycles.